The van der Waals surface area contributed by atoms with Crippen LogP contribution in [0.2, 0.25) is 0 Å². The van der Waals surface area contributed by atoms with Gasteiger partial charge >= 0.3 is 5.97 Å². The zero-order chi connectivity index (χ0) is 14.0. The molecular formula is C13H10FNO3S. The normalized spacial score (nSPS) is 10.2. The van der Waals surface area contributed by atoms with Crippen LogP contribution in [0.5, 0.6) is 0 Å². The molecule has 0 saturated carbocycles. The first-order chi connectivity index (χ1) is 8.99. The molecule has 2 rings (SSSR count). The molecule has 4 nitrogen and oxygen atoms in total. The molecule has 1 aromatic carbocycles. The molecule has 6 heteroatoms. The fraction of sp³-hybridized carbons (Fsp3) is 0.0769. The van der Waals surface area contributed by atoms with Crippen LogP contribution >= 0.6 is 11.3 Å². The Morgan fingerprint density at radius 3 is 2.58 bits per heavy atom. The third kappa shape index (κ3) is 2.79. The second kappa shape index (κ2) is 5.19. The molecule has 0 aliphatic rings. The van der Waals surface area contributed by atoms with Crippen molar-refractivity contribution in [1.82, 2.24) is 0 Å². The molecule has 0 radical (unpaired) electrons. The lowest BCUT2D eigenvalue weighted by Gasteiger charge is -2.06. The quantitative estimate of drug-likeness (QED) is 0.907. The predicted octanol–water partition coefficient (Wildman–Crippen LogP) is 3.15. The van der Waals surface area contributed by atoms with Gasteiger partial charge in [0.25, 0.3) is 5.91 Å². The number of thiophene rings is 1. The third-order valence-corrected chi connectivity index (χ3v) is 3.42. The number of rotatable bonds is 3. The van der Waals surface area contributed by atoms with E-state index in [2.05, 4.69) is 5.32 Å². The van der Waals surface area contributed by atoms with Crippen molar-refractivity contribution in [3.63, 3.8) is 0 Å². The summed E-state index contributed by atoms with van der Waals surface area (Å²) in [5.41, 5.74) is 1.13. The van der Waals surface area contributed by atoms with Crippen molar-refractivity contribution in [2.45, 2.75) is 6.92 Å². The van der Waals surface area contributed by atoms with E-state index < -0.39 is 17.3 Å². The fourth-order valence-electron chi connectivity index (χ4n) is 1.56. The summed E-state index contributed by atoms with van der Waals surface area (Å²) in [4.78, 5) is 22.7. The standard InChI is InChI=1S/C13H10FNO3S/c1-7-5-19-6-10(7)12(16)15-8-2-3-11(14)9(4-8)13(17)18/h2-6H,1H3,(H,15,16)(H,17,18). The summed E-state index contributed by atoms with van der Waals surface area (Å²) < 4.78 is 13.2. The Kier molecular flexibility index (Phi) is 3.62. The van der Waals surface area contributed by atoms with Crippen molar-refractivity contribution in [3.05, 3.63) is 51.5 Å². The maximum Gasteiger partial charge on any atom is 0.338 e. The summed E-state index contributed by atoms with van der Waals surface area (Å²) >= 11 is 1.40. The van der Waals surface area contributed by atoms with Crippen molar-refractivity contribution in [2.24, 2.45) is 0 Å². The Hall–Kier alpha value is -2.21. The molecule has 0 saturated heterocycles. The van der Waals surface area contributed by atoms with Crippen LogP contribution in [0.1, 0.15) is 26.3 Å². The van der Waals surface area contributed by atoms with Crippen molar-refractivity contribution in [2.75, 3.05) is 5.32 Å². The smallest absolute Gasteiger partial charge is 0.338 e. The maximum atomic E-state index is 13.2. The van der Waals surface area contributed by atoms with Gasteiger partial charge in [0.15, 0.2) is 0 Å². The molecule has 2 aromatic rings. The highest BCUT2D eigenvalue weighted by molar-refractivity contribution is 7.08. The van der Waals surface area contributed by atoms with Gasteiger partial charge in [0.1, 0.15) is 5.82 Å². The number of carbonyl (C=O) groups is 2. The number of nitrogens with one attached hydrogen (secondary N) is 1. The van der Waals surface area contributed by atoms with Crippen molar-refractivity contribution in [1.29, 1.82) is 0 Å². The second-order valence-electron chi connectivity index (χ2n) is 3.92. The molecule has 1 heterocycles. The molecule has 19 heavy (non-hydrogen) atoms. The molecule has 0 aliphatic heterocycles. The summed E-state index contributed by atoms with van der Waals surface area (Å²) in [6.07, 6.45) is 0. The van der Waals surface area contributed by atoms with Gasteiger partial charge in [-0.25, -0.2) is 9.18 Å². The van der Waals surface area contributed by atoms with Gasteiger partial charge in [0.05, 0.1) is 11.1 Å². The van der Waals surface area contributed by atoms with Crippen LogP contribution in [-0.4, -0.2) is 17.0 Å². The average molecular weight is 279 g/mol. The van der Waals surface area contributed by atoms with E-state index in [9.17, 15) is 14.0 Å². The highest BCUT2D eigenvalue weighted by Gasteiger charge is 2.14. The van der Waals surface area contributed by atoms with E-state index >= 15 is 0 Å². The molecule has 1 amide bonds. The number of aryl methyl sites for hydroxylation is 1. The van der Waals surface area contributed by atoms with E-state index in [1.54, 1.807) is 12.3 Å². The summed E-state index contributed by atoms with van der Waals surface area (Å²) in [6.45, 7) is 1.80. The van der Waals surface area contributed by atoms with E-state index in [-0.39, 0.29) is 11.6 Å². The first-order valence-corrected chi connectivity index (χ1v) is 6.30. The van der Waals surface area contributed by atoms with E-state index in [4.69, 9.17) is 5.11 Å². The summed E-state index contributed by atoms with van der Waals surface area (Å²) in [6, 6.07) is 3.43. The second-order valence-corrected chi connectivity index (χ2v) is 4.67. The number of carbonyl (C=O) groups excluding carboxylic acids is 1. The van der Waals surface area contributed by atoms with Crippen LogP contribution in [-0.2, 0) is 0 Å². The number of anilines is 1. The van der Waals surface area contributed by atoms with Crippen LogP contribution in [0, 0.1) is 12.7 Å². The Morgan fingerprint density at radius 2 is 2.00 bits per heavy atom. The minimum absolute atomic E-state index is 0.245. The molecule has 0 unspecified atom stereocenters. The predicted molar refractivity (Wildman–Crippen MR) is 70.4 cm³/mol. The lowest BCUT2D eigenvalue weighted by molar-refractivity contribution is 0.0691. The van der Waals surface area contributed by atoms with E-state index in [1.165, 1.54) is 17.4 Å². The number of carboxylic acid groups (broad SMARTS) is 1. The average Bonchev–Trinajstić information content (AvgIpc) is 2.77. The molecule has 0 fully saturated rings. The highest BCUT2D eigenvalue weighted by atomic mass is 32.1. The molecule has 0 spiro atoms. The van der Waals surface area contributed by atoms with Crippen LogP contribution in [0.15, 0.2) is 29.0 Å². The van der Waals surface area contributed by atoms with Crippen molar-refractivity contribution >= 4 is 28.9 Å². The first kappa shape index (κ1) is 13.2. The number of hydrogen-bond acceptors (Lipinski definition) is 3. The SMILES string of the molecule is Cc1cscc1C(=O)Nc1ccc(F)c(C(=O)O)c1. The molecule has 1 aromatic heterocycles. The Bertz CT molecular complexity index is 651. The maximum absolute atomic E-state index is 13.2. The van der Waals surface area contributed by atoms with Gasteiger partial charge in [-0.2, -0.15) is 11.3 Å². The Morgan fingerprint density at radius 1 is 1.26 bits per heavy atom. The summed E-state index contributed by atoms with van der Waals surface area (Å²) in [7, 11) is 0. The third-order valence-electron chi connectivity index (χ3n) is 2.55. The lowest BCUT2D eigenvalue weighted by Crippen LogP contribution is -2.13. The monoisotopic (exact) mass is 279 g/mol. The number of amides is 1. The van der Waals surface area contributed by atoms with Crippen molar-refractivity contribution in [3.8, 4) is 0 Å². The van der Waals surface area contributed by atoms with Crippen LogP contribution in [0.25, 0.3) is 0 Å². The van der Waals surface area contributed by atoms with E-state index in [0.717, 1.165) is 17.7 Å². The molecule has 0 atom stereocenters. The molecule has 98 valence electrons. The minimum Gasteiger partial charge on any atom is -0.478 e. The zero-order valence-corrected chi connectivity index (χ0v) is 10.8. The van der Waals surface area contributed by atoms with Gasteiger partial charge in [0, 0.05) is 11.1 Å². The summed E-state index contributed by atoms with van der Waals surface area (Å²) in [5, 5.41) is 14.9. The highest BCUT2D eigenvalue weighted by Crippen LogP contribution is 2.18. The number of carboxylic acids is 1. The lowest BCUT2D eigenvalue weighted by atomic mass is 10.1. The molecule has 0 bridgehead atoms. The van der Waals surface area contributed by atoms with Gasteiger partial charge in [-0.15, -0.1) is 0 Å². The first-order valence-electron chi connectivity index (χ1n) is 5.36. The Labute approximate surface area is 112 Å². The molecular weight excluding hydrogens is 269 g/mol. The van der Waals surface area contributed by atoms with E-state index in [1.807, 2.05) is 5.38 Å². The van der Waals surface area contributed by atoms with Crippen LogP contribution in [0.4, 0.5) is 10.1 Å². The van der Waals surface area contributed by atoms with Crippen LogP contribution in [0.3, 0.4) is 0 Å². The molecule has 0 aliphatic carbocycles. The Balaban J connectivity index is 2.25. The topological polar surface area (TPSA) is 66.4 Å². The van der Waals surface area contributed by atoms with Gasteiger partial charge in [0.2, 0.25) is 0 Å². The zero-order valence-electron chi connectivity index (χ0n) is 9.94. The van der Waals surface area contributed by atoms with Gasteiger partial charge in [-0.05, 0) is 36.1 Å². The number of halogens is 1. The largest absolute Gasteiger partial charge is 0.478 e. The van der Waals surface area contributed by atoms with Gasteiger partial charge in [-0.3, -0.25) is 4.79 Å². The van der Waals surface area contributed by atoms with E-state index in [0.29, 0.717) is 5.56 Å². The van der Waals surface area contributed by atoms with Crippen LogP contribution < -0.4 is 5.32 Å². The van der Waals surface area contributed by atoms with Gasteiger partial charge in [-0.1, -0.05) is 0 Å². The fourth-order valence-corrected chi connectivity index (χ4v) is 2.39. The van der Waals surface area contributed by atoms with Crippen molar-refractivity contribution < 1.29 is 19.1 Å². The number of benzene rings is 1. The number of hydrogen-bond donors (Lipinski definition) is 2. The summed E-state index contributed by atoms with van der Waals surface area (Å²) in [5.74, 6) is -2.56. The minimum atomic E-state index is -1.37. The molecule has 2 N–H and O–H groups in total. The number of aromatic carboxylic acids is 1. The van der Waals surface area contributed by atoms with Gasteiger partial charge < -0.3 is 10.4 Å².